The molecule has 0 bridgehead atoms. The number of rotatable bonds is 17. The van der Waals surface area contributed by atoms with Crippen LogP contribution in [0.15, 0.2) is 47.2 Å². The molecule has 0 aliphatic carbocycles. The molecule has 6 nitrogen and oxygen atoms in total. The van der Waals surface area contributed by atoms with Gasteiger partial charge in [-0.3, -0.25) is 9.79 Å². The zero-order valence-corrected chi connectivity index (χ0v) is 22.6. The van der Waals surface area contributed by atoms with E-state index in [1.54, 1.807) is 0 Å². The Morgan fingerprint density at radius 3 is 2.33 bits per heavy atom. The fourth-order valence-electron chi connectivity index (χ4n) is 4.31. The number of esters is 1. The molecular formula is C29H42ClN3O3. The van der Waals surface area contributed by atoms with E-state index in [0.29, 0.717) is 19.6 Å². The average Bonchev–Trinajstić information content (AvgIpc) is 3.60. The van der Waals surface area contributed by atoms with E-state index in [9.17, 15) is 4.79 Å². The van der Waals surface area contributed by atoms with Crippen LogP contribution < -0.4 is 4.74 Å². The summed E-state index contributed by atoms with van der Waals surface area (Å²) in [5.74, 6) is 0.790. The van der Waals surface area contributed by atoms with Gasteiger partial charge in [0.2, 0.25) is 0 Å². The molecule has 198 valence electrons. The van der Waals surface area contributed by atoms with E-state index in [2.05, 4.69) is 28.2 Å². The molecule has 0 unspecified atom stereocenters. The molecule has 1 aliphatic rings. The normalized spacial score (nSPS) is 13.6. The van der Waals surface area contributed by atoms with E-state index in [4.69, 9.17) is 14.5 Å². The molecule has 0 radical (unpaired) electrons. The first-order valence-corrected chi connectivity index (χ1v) is 13.3. The average molecular weight is 516 g/mol. The van der Waals surface area contributed by atoms with E-state index in [0.717, 1.165) is 53.5 Å². The van der Waals surface area contributed by atoms with Gasteiger partial charge in [0.15, 0.2) is 0 Å². The highest BCUT2D eigenvalue weighted by atomic mass is 35.5. The van der Waals surface area contributed by atoms with E-state index >= 15 is 0 Å². The van der Waals surface area contributed by atoms with Gasteiger partial charge in [-0.1, -0.05) is 44.9 Å². The summed E-state index contributed by atoms with van der Waals surface area (Å²) in [5.41, 5.74) is 5.11. The number of H-pyrrole nitrogens is 2. The van der Waals surface area contributed by atoms with Gasteiger partial charge in [0.05, 0.1) is 36.0 Å². The van der Waals surface area contributed by atoms with Crippen molar-refractivity contribution in [2.24, 2.45) is 4.99 Å². The first-order valence-electron chi connectivity index (χ1n) is 13.3. The fourth-order valence-corrected chi connectivity index (χ4v) is 4.31. The first-order chi connectivity index (χ1) is 17.2. The Labute approximate surface area is 222 Å². The molecule has 0 fully saturated rings. The second-order valence-electron chi connectivity index (χ2n) is 8.97. The maximum absolute atomic E-state index is 11.3. The summed E-state index contributed by atoms with van der Waals surface area (Å²) in [6, 6.07) is 6.06. The zero-order valence-electron chi connectivity index (χ0n) is 21.8. The number of nitrogens with one attached hydrogen (secondary N) is 2. The number of carbonyl (C=O) groups excluding carboxylic acids is 1. The summed E-state index contributed by atoms with van der Waals surface area (Å²) in [6.45, 7) is 4.96. The van der Waals surface area contributed by atoms with Gasteiger partial charge in [0.1, 0.15) is 5.75 Å². The van der Waals surface area contributed by atoms with Gasteiger partial charge in [0, 0.05) is 24.4 Å². The van der Waals surface area contributed by atoms with Gasteiger partial charge in [-0.05, 0) is 63.5 Å². The molecule has 36 heavy (non-hydrogen) atoms. The largest absolute Gasteiger partial charge is 0.492 e. The number of unbranched alkanes of at least 4 members (excludes halogenated alkanes) is 8. The van der Waals surface area contributed by atoms with Crippen molar-refractivity contribution in [1.29, 1.82) is 0 Å². The SMILES string of the molecule is CCOC(=O)CCCCCCCCCCCC1=NC(=Cc2[nH]c(-c3ccc[nH]3)cc2OCC)C=C1.Cl. The van der Waals surface area contributed by atoms with Crippen LogP contribution in [0, 0.1) is 0 Å². The third-order valence-corrected chi connectivity index (χ3v) is 6.13. The van der Waals surface area contributed by atoms with Crippen molar-refractivity contribution >= 4 is 30.2 Å². The lowest BCUT2D eigenvalue weighted by atomic mass is 10.0. The van der Waals surface area contributed by atoms with Gasteiger partial charge in [0.25, 0.3) is 0 Å². The third-order valence-electron chi connectivity index (χ3n) is 6.13. The lowest BCUT2D eigenvalue weighted by molar-refractivity contribution is -0.143. The number of aromatic amines is 2. The number of hydrogen-bond donors (Lipinski definition) is 2. The van der Waals surface area contributed by atoms with Gasteiger partial charge < -0.3 is 19.4 Å². The van der Waals surface area contributed by atoms with Crippen molar-refractivity contribution in [2.45, 2.75) is 84.5 Å². The summed E-state index contributed by atoms with van der Waals surface area (Å²) in [4.78, 5) is 22.8. The van der Waals surface area contributed by atoms with Crippen molar-refractivity contribution in [3.05, 3.63) is 47.9 Å². The molecule has 0 spiro atoms. The van der Waals surface area contributed by atoms with Crippen molar-refractivity contribution in [3.8, 4) is 17.1 Å². The number of halogens is 1. The van der Waals surface area contributed by atoms with Gasteiger partial charge in [-0.25, -0.2) is 0 Å². The van der Waals surface area contributed by atoms with Crippen molar-refractivity contribution in [1.82, 2.24) is 9.97 Å². The van der Waals surface area contributed by atoms with E-state index in [-0.39, 0.29) is 18.4 Å². The Kier molecular flexibility index (Phi) is 13.8. The van der Waals surface area contributed by atoms with E-state index in [1.807, 2.05) is 38.2 Å². The smallest absolute Gasteiger partial charge is 0.305 e. The maximum atomic E-state index is 11.3. The summed E-state index contributed by atoms with van der Waals surface area (Å²) >= 11 is 0. The molecule has 0 amide bonds. The number of ether oxygens (including phenoxy) is 2. The standard InChI is InChI=1S/C29H41N3O3.ClH/c1-3-34-28-22-26(25-16-14-20-30-25)32-27(28)21-24-19-18-23(31-24)15-12-10-8-6-5-7-9-11-13-17-29(33)35-4-2;/h14,16,18-22,30,32H,3-13,15,17H2,1-2H3;1H. The monoisotopic (exact) mass is 515 g/mol. The number of nitrogens with zero attached hydrogens (tertiary/aromatic N) is 1. The minimum absolute atomic E-state index is 0. The van der Waals surface area contributed by atoms with Crippen LogP contribution in [0.25, 0.3) is 17.5 Å². The second-order valence-corrected chi connectivity index (χ2v) is 8.97. The van der Waals surface area contributed by atoms with Crippen molar-refractivity contribution in [2.75, 3.05) is 13.2 Å². The number of aromatic nitrogens is 2. The van der Waals surface area contributed by atoms with Crippen molar-refractivity contribution < 1.29 is 14.3 Å². The van der Waals surface area contributed by atoms with Gasteiger partial charge in [-0.2, -0.15) is 0 Å². The molecule has 2 N–H and O–H groups in total. The van der Waals surface area contributed by atoms with Crippen LogP contribution in [-0.4, -0.2) is 34.9 Å². The Balaban J connectivity index is 0.00000456. The maximum Gasteiger partial charge on any atom is 0.305 e. The third kappa shape index (κ3) is 10.1. The van der Waals surface area contributed by atoms with Gasteiger partial charge in [-0.15, -0.1) is 12.4 Å². The van der Waals surface area contributed by atoms with Crippen LogP contribution >= 0.6 is 12.4 Å². The molecule has 2 aromatic heterocycles. The molecule has 7 heteroatoms. The molecule has 0 atom stereocenters. The Morgan fingerprint density at radius 1 is 0.944 bits per heavy atom. The van der Waals surface area contributed by atoms with Crippen LogP contribution in [0.1, 0.15) is 90.2 Å². The molecule has 0 saturated heterocycles. The predicted octanol–water partition coefficient (Wildman–Crippen LogP) is 8.04. The molecule has 0 saturated carbocycles. The lowest BCUT2D eigenvalue weighted by Gasteiger charge is -2.03. The molecule has 3 heterocycles. The highest BCUT2D eigenvalue weighted by Gasteiger charge is 2.12. The summed E-state index contributed by atoms with van der Waals surface area (Å²) in [5, 5.41) is 0. The van der Waals surface area contributed by atoms with Crippen LogP contribution in [0.4, 0.5) is 0 Å². The highest BCUT2D eigenvalue weighted by molar-refractivity contribution is 5.99. The van der Waals surface area contributed by atoms with E-state index < -0.39 is 0 Å². The lowest BCUT2D eigenvalue weighted by Crippen LogP contribution is -2.03. The number of carbonyl (C=O) groups is 1. The molecule has 0 aromatic carbocycles. The Bertz CT molecular complexity index is 990. The quantitative estimate of drug-likeness (QED) is 0.165. The first kappa shape index (κ1) is 29.5. The van der Waals surface area contributed by atoms with E-state index in [1.165, 1.54) is 44.9 Å². The molecule has 3 rings (SSSR count). The summed E-state index contributed by atoms with van der Waals surface area (Å²) < 4.78 is 10.8. The van der Waals surface area contributed by atoms with Crippen LogP contribution in [0.5, 0.6) is 5.75 Å². The minimum atomic E-state index is -0.0574. The number of aliphatic imine (C=N–C) groups is 1. The minimum Gasteiger partial charge on any atom is -0.492 e. The summed E-state index contributed by atoms with van der Waals surface area (Å²) in [6.07, 6.45) is 20.7. The second kappa shape index (κ2) is 16.9. The van der Waals surface area contributed by atoms with Crippen molar-refractivity contribution in [3.63, 3.8) is 0 Å². The van der Waals surface area contributed by atoms with Crippen LogP contribution in [-0.2, 0) is 9.53 Å². The Hall–Kier alpha value is -2.73. The van der Waals surface area contributed by atoms with Gasteiger partial charge >= 0.3 is 5.97 Å². The Morgan fingerprint density at radius 2 is 1.67 bits per heavy atom. The molecule has 2 aromatic rings. The molecular weight excluding hydrogens is 474 g/mol. The highest BCUT2D eigenvalue weighted by Crippen LogP contribution is 2.29. The molecule has 1 aliphatic heterocycles. The number of hydrogen-bond acceptors (Lipinski definition) is 4. The van der Waals surface area contributed by atoms with Crippen LogP contribution in [0.3, 0.4) is 0 Å². The predicted molar refractivity (Wildman–Crippen MR) is 151 cm³/mol. The number of allylic oxidation sites excluding steroid dienone is 2. The zero-order chi connectivity index (χ0) is 24.7. The summed E-state index contributed by atoms with van der Waals surface area (Å²) in [7, 11) is 0. The van der Waals surface area contributed by atoms with Crippen LogP contribution in [0.2, 0.25) is 0 Å². The fraction of sp³-hybridized carbons (Fsp3) is 0.517. The topological polar surface area (TPSA) is 79.5 Å².